The molecule has 0 aliphatic rings. The molecule has 0 heterocycles. The van der Waals surface area contributed by atoms with Gasteiger partial charge in [-0.1, -0.05) is 186 Å². The molecular weight excluding hydrogens is 567 g/mol. The normalized spacial score (nSPS) is 12.5. The number of phenols is 1. The highest BCUT2D eigenvalue weighted by atomic mass is 31.2. The van der Waals surface area contributed by atoms with Gasteiger partial charge in [-0.15, -0.1) is 0 Å². The molecule has 0 aromatic heterocycles. The van der Waals surface area contributed by atoms with E-state index in [9.17, 15) is 9.67 Å². The average Bonchev–Trinajstić information content (AvgIpc) is 3.05. The topological polar surface area (TPSA) is 37.3 Å². The minimum atomic E-state index is -2.40. The van der Waals surface area contributed by atoms with Crippen molar-refractivity contribution in [1.82, 2.24) is 0 Å². The standard InChI is InChI=1S/C42H71O2P/c1-5-8-11-14-17-18-19-20-21-24-27-38-28-33-42(43)41(36-38)37(4)39-29-31-40(32-30-39)45(44,34-25-22-15-12-9-6-2)35-26-23-16-13-10-7-3/h28-33,36-37,43H,5-27,34-35H2,1-4H3. The van der Waals surface area contributed by atoms with Gasteiger partial charge in [0, 0.05) is 29.1 Å². The Morgan fingerprint density at radius 3 is 1.44 bits per heavy atom. The molecule has 1 unspecified atom stereocenters. The van der Waals surface area contributed by atoms with Crippen molar-refractivity contribution in [2.75, 3.05) is 12.3 Å². The smallest absolute Gasteiger partial charge is 0.119 e. The molecule has 0 saturated heterocycles. The molecule has 0 radical (unpaired) electrons. The zero-order valence-corrected chi connectivity index (χ0v) is 31.0. The molecule has 1 atom stereocenters. The number of unbranched alkanes of at least 4 members (excludes halogenated alkanes) is 19. The summed E-state index contributed by atoms with van der Waals surface area (Å²) in [6, 6.07) is 14.9. The molecule has 2 rings (SSSR count). The van der Waals surface area contributed by atoms with E-state index in [0.29, 0.717) is 5.75 Å². The minimum absolute atomic E-state index is 0.100. The van der Waals surface area contributed by atoms with Crippen molar-refractivity contribution in [2.24, 2.45) is 0 Å². The Labute approximate surface area is 280 Å². The predicted molar refractivity (Wildman–Crippen MR) is 201 cm³/mol. The third kappa shape index (κ3) is 16.2. The van der Waals surface area contributed by atoms with Crippen LogP contribution in [0.4, 0.5) is 0 Å². The summed E-state index contributed by atoms with van der Waals surface area (Å²) in [5.41, 5.74) is 3.53. The Kier molecular flexibility index (Phi) is 21.7. The van der Waals surface area contributed by atoms with Gasteiger partial charge in [-0.3, -0.25) is 0 Å². The number of aryl methyl sites for hydroxylation is 1. The minimum Gasteiger partial charge on any atom is -0.508 e. The van der Waals surface area contributed by atoms with Gasteiger partial charge in [0.15, 0.2) is 0 Å². The van der Waals surface area contributed by atoms with Gasteiger partial charge < -0.3 is 9.67 Å². The highest BCUT2D eigenvalue weighted by molar-refractivity contribution is 7.71. The Morgan fingerprint density at radius 1 is 0.556 bits per heavy atom. The molecule has 0 saturated carbocycles. The van der Waals surface area contributed by atoms with Crippen LogP contribution in [0.15, 0.2) is 42.5 Å². The van der Waals surface area contributed by atoms with Gasteiger partial charge in [0.2, 0.25) is 0 Å². The van der Waals surface area contributed by atoms with Crippen molar-refractivity contribution >= 4 is 12.4 Å². The maximum Gasteiger partial charge on any atom is 0.119 e. The van der Waals surface area contributed by atoms with Gasteiger partial charge in [0.1, 0.15) is 12.9 Å². The van der Waals surface area contributed by atoms with E-state index in [4.69, 9.17) is 0 Å². The first-order valence-corrected chi connectivity index (χ1v) is 21.5. The van der Waals surface area contributed by atoms with Crippen molar-refractivity contribution < 1.29 is 9.67 Å². The molecule has 0 fully saturated rings. The maximum atomic E-state index is 14.4. The summed E-state index contributed by atoms with van der Waals surface area (Å²) in [5, 5.41) is 11.9. The van der Waals surface area contributed by atoms with Gasteiger partial charge >= 0.3 is 0 Å². The molecule has 0 amide bonds. The van der Waals surface area contributed by atoms with Crippen molar-refractivity contribution in [2.45, 2.75) is 181 Å². The van der Waals surface area contributed by atoms with E-state index in [2.05, 4.69) is 64.1 Å². The lowest BCUT2D eigenvalue weighted by Gasteiger charge is -2.21. The summed E-state index contributed by atoms with van der Waals surface area (Å²) in [6.07, 6.45) is 31.2. The van der Waals surface area contributed by atoms with Crippen LogP contribution in [0.5, 0.6) is 5.75 Å². The third-order valence-electron chi connectivity index (χ3n) is 9.99. The highest BCUT2D eigenvalue weighted by Gasteiger charge is 2.24. The molecule has 0 spiro atoms. The number of rotatable bonds is 28. The lowest BCUT2D eigenvalue weighted by atomic mass is 9.90. The van der Waals surface area contributed by atoms with Crippen LogP contribution in [0.2, 0.25) is 0 Å². The van der Waals surface area contributed by atoms with Crippen LogP contribution < -0.4 is 5.30 Å². The molecule has 45 heavy (non-hydrogen) atoms. The first-order chi connectivity index (χ1) is 21.9. The average molecular weight is 639 g/mol. The SMILES string of the molecule is CCCCCCCCCCCCc1ccc(O)c(C(C)c2ccc(P(=O)(CCCCCCCC)CCCCCCCC)cc2)c1. The molecule has 1 N–H and O–H groups in total. The van der Waals surface area contributed by atoms with Gasteiger partial charge in [-0.25, -0.2) is 0 Å². The van der Waals surface area contributed by atoms with Crippen molar-refractivity contribution in [3.8, 4) is 5.75 Å². The monoisotopic (exact) mass is 639 g/mol. The number of aromatic hydroxyl groups is 1. The zero-order chi connectivity index (χ0) is 32.6. The summed E-state index contributed by atoms with van der Waals surface area (Å²) in [7, 11) is -2.40. The van der Waals surface area contributed by atoms with Gasteiger partial charge in [0.25, 0.3) is 0 Å². The van der Waals surface area contributed by atoms with E-state index in [-0.39, 0.29) is 5.92 Å². The molecule has 2 nitrogen and oxygen atoms in total. The molecule has 0 aliphatic heterocycles. The van der Waals surface area contributed by atoms with Gasteiger partial charge in [0.05, 0.1) is 0 Å². The fraction of sp³-hybridized carbons (Fsp3) is 0.714. The number of phenolic OH excluding ortho intramolecular Hbond substituents is 1. The number of benzene rings is 2. The lowest BCUT2D eigenvalue weighted by Crippen LogP contribution is -2.12. The summed E-state index contributed by atoms with van der Waals surface area (Å²) in [6.45, 7) is 9.00. The Hall–Kier alpha value is -1.53. The highest BCUT2D eigenvalue weighted by Crippen LogP contribution is 2.47. The summed E-state index contributed by atoms with van der Waals surface area (Å²) in [5.74, 6) is 0.485. The zero-order valence-electron chi connectivity index (χ0n) is 30.1. The first kappa shape index (κ1) is 39.6. The lowest BCUT2D eigenvalue weighted by molar-refractivity contribution is 0.465. The van der Waals surface area contributed by atoms with E-state index >= 15 is 0 Å². The Bertz CT molecular complexity index is 1020. The second-order valence-corrected chi connectivity index (χ2v) is 17.2. The fourth-order valence-electron chi connectivity index (χ4n) is 6.80. The molecule has 256 valence electrons. The molecule has 2 aromatic carbocycles. The largest absolute Gasteiger partial charge is 0.508 e. The molecule has 3 heteroatoms. The first-order valence-electron chi connectivity index (χ1n) is 19.5. The van der Waals surface area contributed by atoms with Crippen LogP contribution in [-0.4, -0.2) is 17.4 Å². The fourth-order valence-corrected chi connectivity index (χ4v) is 9.70. The quantitative estimate of drug-likeness (QED) is 0.0744. The Morgan fingerprint density at radius 2 is 0.978 bits per heavy atom. The van der Waals surface area contributed by atoms with E-state index in [1.54, 1.807) is 0 Å². The van der Waals surface area contributed by atoms with Crippen molar-refractivity contribution in [3.63, 3.8) is 0 Å². The van der Waals surface area contributed by atoms with Crippen LogP contribution in [0.3, 0.4) is 0 Å². The van der Waals surface area contributed by atoms with E-state index < -0.39 is 7.14 Å². The molecule has 0 aliphatic carbocycles. The molecule has 0 bridgehead atoms. The van der Waals surface area contributed by atoms with Crippen molar-refractivity contribution in [3.05, 3.63) is 59.2 Å². The maximum absolute atomic E-state index is 14.4. The summed E-state index contributed by atoms with van der Waals surface area (Å²) >= 11 is 0. The number of hydrogen-bond acceptors (Lipinski definition) is 2. The second kappa shape index (κ2) is 24.6. The van der Waals surface area contributed by atoms with E-state index in [1.807, 2.05) is 6.07 Å². The van der Waals surface area contributed by atoms with Crippen LogP contribution in [0.25, 0.3) is 0 Å². The Balaban J connectivity index is 1.96. The third-order valence-corrected chi connectivity index (χ3v) is 13.3. The summed E-state index contributed by atoms with van der Waals surface area (Å²) < 4.78 is 14.4. The molecular formula is C42H71O2P. The van der Waals surface area contributed by atoms with Crippen LogP contribution in [0.1, 0.15) is 192 Å². The summed E-state index contributed by atoms with van der Waals surface area (Å²) in [4.78, 5) is 0. The molecule has 2 aromatic rings. The predicted octanol–water partition coefficient (Wildman–Crippen LogP) is 13.7. The van der Waals surface area contributed by atoms with Gasteiger partial charge in [-0.2, -0.15) is 0 Å². The van der Waals surface area contributed by atoms with E-state index in [1.165, 1.54) is 140 Å². The van der Waals surface area contributed by atoms with E-state index in [0.717, 1.165) is 42.5 Å². The van der Waals surface area contributed by atoms with Crippen LogP contribution in [-0.2, 0) is 11.0 Å². The second-order valence-electron chi connectivity index (χ2n) is 14.0. The van der Waals surface area contributed by atoms with Gasteiger partial charge in [-0.05, 0) is 42.9 Å². The van der Waals surface area contributed by atoms with Crippen LogP contribution in [0, 0.1) is 0 Å². The number of hydrogen-bond donors (Lipinski definition) is 1. The van der Waals surface area contributed by atoms with Crippen LogP contribution >= 0.6 is 7.14 Å². The van der Waals surface area contributed by atoms with Crippen molar-refractivity contribution in [1.29, 1.82) is 0 Å².